The number of hydrogen-bond donors (Lipinski definition) is 3. The van der Waals surface area contributed by atoms with Gasteiger partial charge >= 0.3 is 0 Å². The second kappa shape index (κ2) is 10.7. The van der Waals surface area contributed by atoms with E-state index in [-0.39, 0.29) is 11.3 Å². The Bertz CT molecular complexity index is 668. The molecule has 1 aliphatic carbocycles. The molecule has 0 atom stereocenters. The molecule has 29 heavy (non-hydrogen) atoms. The third kappa shape index (κ3) is 5.76. The molecule has 1 aromatic rings. The Labute approximate surface area is 174 Å². The van der Waals surface area contributed by atoms with E-state index >= 15 is 0 Å². The number of ether oxygens (including phenoxy) is 2. The Morgan fingerprint density at radius 1 is 1.21 bits per heavy atom. The molecule has 0 spiro atoms. The summed E-state index contributed by atoms with van der Waals surface area (Å²) < 4.78 is 10.9. The van der Waals surface area contributed by atoms with Crippen LogP contribution in [0.4, 0.5) is 0 Å². The van der Waals surface area contributed by atoms with Crippen molar-refractivity contribution in [3.63, 3.8) is 0 Å². The van der Waals surface area contributed by atoms with E-state index in [0.29, 0.717) is 6.54 Å². The number of nitrogens with one attached hydrogen (secondary N) is 2. The summed E-state index contributed by atoms with van der Waals surface area (Å²) in [5.41, 5.74) is 0.929. The second-order valence-electron chi connectivity index (χ2n) is 7.93. The van der Waals surface area contributed by atoms with Crippen LogP contribution in [0.2, 0.25) is 0 Å². The van der Waals surface area contributed by atoms with E-state index in [0.717, 1.165) is 56.7 Å². The van der Waals surface area contributed by atoms with Crippen LogP contribution in [0.3, 0.4) is 0 Å². The zero-order chi connectivity index (χ0) is 20.5. The number of aliphatic imine (C=N–C) groups is 1. The van der Waals surface area contributed by atoms with Crippen LogP contribution in [-0.4, -0.2) is 68.0 Å². The van der Waals surface area contributed by atoms with Crippen molar-refractivity contribution >= 4 is 5.96 Å². The predicted molar refractivity (Wildman–Crippen MR) is 116 cm³/mol. The summed E-state index contributed by atoms with van der Waals surface area (Å²) in [6.45, 7) is 7.79. The van der Waals surface area contributed by atoms with Gasteiger partial charge in [-0.15, -0.1) is 0 Å². The van der Waals surface area contributed by atoms with E-state index in [1.807, 2.05) is 6.07 Å². The van der Waals surface area contributed by atoms with E-state index in [9.17, 15) is 5.11 Å². The van der Waals surface area contributed by atoms with Crippen molar-refractivity contribution in [2.45, 2.75) is 51.1 Å². The molecule has 0 bridgehead atoms. The molecular weight excluding hydrogens is 368 g/mol. The number of phenols is 1. The number of morpholine rings is 1. The van der Waals surface area contributed by atoms with Crippen molar-refractivity contribution < 1.29 is 14.6 Å². The highest BCUT2D eigenvalue weighted by Crippen LogP contribution is 2.34. The minimum absolute atomic E-state index is 0.177. The minimum atomic E-state index is 0.177. The lowest BCUT2D eigenvalue weighted by molar-refractivity contribution is -0.0352. The first-order valence-electron chi connectivity index (χ1n) is 10.9. The molecule has 1 aliphatic heterocycles. The monoisotopic (exact) mass is 404 g/mol. The molecule has 2 aliphatic rings. The van der Waals surface area contributed by atoms with Crippen molar-refractivity contribution in [3.8, 4) is 11.5 Å². The Balaban J connectivity index is 1.69. The first-order valence-corrected chi connectivity index (χ1v) is 10.9. The van der Waals surface area contributed by atoms with Gasteiger partial charge in [0.25, 0.3) is 0 Å². The largest absolute Gasteiger partial charge is 0.508 e. The first-order chi connectivity index (χ1) is 14.2. The summed E-state index contributed by atoms with van der Waals surface area (Å²) in [5, 5.41) is 17.1. The van der Waals surface area contributed by atoms with Gasteiger partial charge in [-0.05, 0) is 38.0 Å². The molecule has 1 saturated heterocycles. The van der Waals surface area contributed by atoms with E-state index in [1.54, 1.807) is 19.2 Å². The van der Waals surface area contributed by atoms with E-state index < -0.39 is 0 Å². The fourth-order valence-electron chi connectivity index (χ4n) is 4.42. The molecule has 3 rings (SSSR count). The Hall–Kier alpha value is -1.99. The predicted octanol–water partition coefficient (Wildman–Crippen LogP) is 2.49. The number of rotatable bonds is 7. The average molecular weight is 405 g/mol. The number of nitrogens with zero attached hydrogens (tertiary/aromatic N) is 2. The van der Waals surface area contributed by atoms with Crippen LogP contribution in [-0.2, 0) is 11.3 Å². The highest BCUT2D eigenvalue weighted by molar-refractivity contribution is 5.79. The highest BCUT2D eigenvalue weighted by Gasteiger charge is 2.38. The zero-order valence-electron chi connectivity index (χ0n) is 17.9. The standard InChI is InChI=1S/C22H36N4O3/c1-3-23-21(24-16-18-15-19(28-2)7-8-20(18)27)25-17-22(9-5-4-6-10-22)26-11-13-29-14-12-26/h7-8,15,27H,3-6,9-14,16-17H2,1-2H3,(H2,23,24,25). The van der Waals surface area contributed by atoms with E-state index in [1.165, 1.54) is 32.1 Å². The maximum absolute atomic E-state index is 10.1. The van der Waals surface area contributed by atoms with Crippen LogP contribution in [0, 0.1) is 0 Å². The number of phenolic OH excluding ortho intramolecular Hbond substituents is 1. The Kier molecular flexibility index (Phi) is 8.00. The van der Waals surface area contributed by atoms with Gasteiger partial charge in [-0.3, -0.25) is 4.90 Å². The van der Waals surface area contributed by atoms with Gasteiger partial charge in [0.05, 0.1) is 26.9 Å². The summed E-state index contributed by atoms with van der Waals surface area (Å²) in [7, 11) is 1.63. The van der Waals surface area contributed by atoms with Crippen molar-refractivity contribution in [1.29, 1.82) is 0 Å². The molecular formula is C22H36N4O3. The van der Waals surface area contributed by atoms with Gasteiger partial charge in [-0.2, -0.15) is 0 Å². The van der Waals surface area contributed by atoms with Gasteiger partial charge < -0.3 is 25.2 Å². The number of benzene rings is 1. The minimum Gasteiger partial charge on any atom is -0.508 e. The summed E-state index contributed by atoms with van der Waals surface area (Å²) in [5.74, 6) is 1.75. The molecule has 1 saturated carbocycles. The van der Waals surface area contributed by atoms with Crippen molar-refractivity contribution in [3.05, 3.63) is 23.8 Å². The van der Waals surface area contributed by atoms with Gasteiger partial charge in [0.2, 0.25) is 0 Å². The Morgan fingerprint density at radius 2 is 1.97 bits per heavy atom. The molecule has 3 N–H and O–H groups in total. The van der Waals surface area contributed by atoms with Gasteiger partial charge in [0.1, 0.15) is 11.5 Å². The molecule has 7 nitrogen and oxygen atoms in total. The lowest BCUT2D eigenvalue weighted by Crippen LogP contribution is -2.60. The molecule has 2 fully saturated rings. The number of guanidine groups is 1. The van der Waals surface area contributed by atoms with Gasteiger partial charge in [0.15, 0.2) is 5.96 Å². The molecule has 0 aromatic heterocycles. The van der Waals surface area contributed by atoms with E-state index in [4.69, 9.17) is 14.5 Å². The highest BCUT2D eigenvalue weighted by atomic mass is 16.5. The molecule has 0 radical (unpaired) electrons. The van der Waals surface area contributed by atoms with Crippen LogP contribution in [0.25, 0.3) is 0 Å². The normalized spacial score (nSPS) is 20.3. The first kappa shape index (κ1) is 21.7. The fraction of sp³-hybridized carbons (Fsp3) is 0.682. The summed E-state index contributed by atoms with van der Waals surface area (Å²) >= 11 is 0. The summed E-state index contributed by atoms with van der Waals surface area (Å²) in [4.78, 5) is 7.34. The molecule has 0 amide bonds. The SMILES string of the molecule is CCNC(=NCc1cc(OC)ccc1O)NCC1(N2CCOCC2)CCCCC1. The van der Waals surface area contributed by atoms with Crippen LogP contribution >= 0.6 is 0 Å². The van der Waals surface area contributed by atoms with Gasteiger partial charge in [-0.1, -0.05) is 19.3 Å². The van der Waals surface area contributed by atoms with Crippen molar-refractivity contribution in [2.75, 3.05) is 46.5 Å². The maximum Gasteiger partial charge on any atom is 0.191 e. The van der Waals surface area contributed by atoms with Crippen LogP contribution in [0.15, 0.2) is 23.2 Å². The molecule has 1 heterocycles. The Morgan fingerprint density at radius 3 is 2.66 bits per heavy atom. The van der Waals surface area contributed by atoms with Crippen LogP contribution in [0.5, 0.6) is 11.5 Å². The zero-order valence-corrected chi connectivity index (χ0v) is 17.9. The maximum atomic E-state index is 10.1. The topological polar surface area (TPSA) is 78.4 Å². The summed E-state index contributed by atoms with van der Waals surface area (Å²) in [6.07, 6.45) is 6.33. The van der Waals surface area contributed by atoms with Crippen molar-refractivity contribution in [2.24, 2.45) is 4.99 Å². The van der Waals surface area contributed by atoms with Gasteiger partial charge in [-0.25, -0.2) is 4.99 Å². The van der Waals surface area contributed by atoms with Crippen LogP contribution < -0.4 is 15.4 Å². The molecule has 0 unspecified atom stereocenters. The van der Waals surface area contributed by atoms with Crippen LogP contribution in [0.1, 0.15) is 44.6 Å². The lowest BCUT2D eigenvalue weighted by Gasteiger charge is -2.48. The quantitative estimate of drug-likeness (QED) is 0.479. The third-order valence-electron chi connectivity index (χ3n) is 6.09. The second-order valence-corrected chi connectivity index (χ2v) is 7.93. The smallest absolute Gasteiger partial charge is 0.191 e. The summed E-state index contributed by atoms with van der Waals surface area (Å²) in [6, 6.07) is 5.24. The lowest BCUT2D eigenvalue weighted by atomic mass is 9.80. The molecule has 1 aromatic carbocycles. The molecule has 162 valence electrons. The van der Waals surface area contributed by atoms with Gasteiger partial charge in [0, 0.05) is 37.3 Å². The average Bonchev–Trinajstić information content (AvgIpc) is 2.78. The van der Waals surface area contributed by atoms with E-state index in [2.05, 4.69) is 22.5 Å². The van der Waals surface area contributed by atoms with Crippen molar-refractivity contribution in [1.82, 2.24) is 15.5 Å². The third-order valence-corrected chi connectivity index (χ3v) is 6.09. The number of hydrogen-bond acceptors (Lipinski definition) is 5. The fourth-order valence-corrected chi connectivity index (χ4v) is 4.42. The molecule has 7 heteroatoms. The number of aromatic hydroxyl groups is 1. The number of methoxy groups -OCH3 is 1.